The number of nitrogens with zero attached hydrogens (tertiary/aromatic N) is 1. The quantitative estimate of drug-likeness (QED) is 0.908. The van der Waals surface area contributed by atoms with E-state index in [1.54, 1.807) is 30.3 Å². The van der Waals surface area contributed by atoms with Crippen LogP contribution >= 0.6 is 11.6 Å². The van der Waals surface area contributed by atoms with E-state index in [1.807, 2.05) is 0 Å². The van der Waals surface area contributed by atoms with Gasteiger partial charge in [0, 0.05) is 30.1 Å². The molecule has 1 atom stereocenters. The van der Waals surface area contributed by atoms with E-state index < -0.39 is 10.0 Å². The van der Waals surface area contributed by atoms with Crippen LogP contribution in [0.2, 0.25) is 5.02 Å². The Bertz CT molecular complexity index is 572. The summed E-state index contributed by atoms with van der Waals surface area (Å²) in [4.78, 5) is 0. The van der Waals surface area contributed by atoms with Crippen molar-refractivity contribution in [1.29, 1.82) is 0 Å². The average molecular weight is 317 g/mol. The van der Waals surface area contributed by atoms with Crippen molar-refractivity contribution >= 4 is 27.7 Å². The fourth-order valence-electron chi connectivity index (χ4n) is 1.89. The molecular weight excluding hydrogens is 300 g/mol. The largest absolute Gasteiger partial charge is 0.374 e. The van der Waals surface area contributed by atoms with Crippen molar-refractivity contribution in [1.82, 2.24) is 4.31 Å². The minimum atomic E-state index is -3.45. The molecule has 1 aliphatic heterocycles. The Morgan fingerprint density at radius 2 is 2.10 bits per heavy atom. The summed E-state index contributed by atoms with van der Waals surface area (Å²) in [5, 5.41) is 1.82. The highest BCUT2D eigenvalue weighted by molar-refractivity contribution is 7.92. The van der Waals surface area contributed by atoms with Crippen LogP contribution in [0.5, 0.6) is 0 Å². The maximum atomic E-state index is 12.2. The van der Waals surface area contributed by atoms with Crippen LogP contribution in [0, 0.1) is 0 Å². The lowest BCUT2D eigenvalue weighted by molar-refractivity contribution is 0.00489. The predicted octanol–water partition coefficient (Wildman–Crippen LogP) is 1.30. The second-order valence-corrected chi connectivity index (χ2v) is 6.74. The SMILES string of the molecule is NCC1CN(S(=O)(=O)/C=C/c2ccc(Cl)cc2)CCO1. The van der Waals surface area contributed by atoms with E-state index in [0.29, 0.717) is 31.3 Å². The molecule has 2 rings (SSSR count). The van der Waals surface area contributed by atoms with E-state index in [-0.39, 0.29) is 6.10 Å². The van der Waals surface area contributed by atoms with Gasteiger partial charge in [-0.05, 0) is 23.8 Å². The van der Waals surface area contributed by atoms with E-state index >= 15 is 0 Å². The summed E-state index contributed by atoms with van der Waals surface area (Å²) in [7, 11) is -3.45. The number of hydrogen-bond acceptors (Lipinski definition) is 4. The molecule has 1 fully saturated rings. The van der Waals surface area contributed by atoms with Crippen LogP contribution in [0.15, 0.2) is 29.7 Å². The van der Waals surface area contributed by atoms with Crippen LogP contribution in [0.4, 0.5) is 0 Å². The van der Waals surface area contributed by atoms with Crippen molar-refractivity contribution in [3.05, 3.63) is 40.3 Å². The second kappa shape index (κ2) is 6.69. The van der Waals surface area contributed by atoms with Crippen LogP contribution in [0.1, 0.15) is 5.56 Å². The van der Waals surface area contributed by atoms with Crippen molar-refractivity contribution in [2.24, 2.45) is 5.73 Å². The number of nitrogens with two attached hydrogens (primary N) is 1. The van der Waals surface area contributed by atoms with Gasteiger partial charge >= 0.3 is 0 Å². The Morgan fingerprint density at radius 1 is 1.40 bits per heavy atom. The molecule has 20 heavy (non-hydrogen) atoms. The van der Waals surface area contributed by atoms with E-state index in [0.717, 1.165) is 5.56 Å². The predicted molar refractivity (Wildman–Crippen MR) is 79.8 cm³/mol. The lowest BCUT2D eigenvalue weighted by atomic mass is 10.2. The van der Waals surface area contributed by atoms with Gasteiger partial charge in [0.25, 0.3) is 0 Å². The molecule has 0 spiro atoms. The maximum absolute atomic E-state index is 12.2. The van der Waals surface area contributed by atoms with Gasteiger partial charge < -0.3 is 10.5 Å². The molecule has 0 amide bonds. The lowest BCUT2D eigenvalue weighted by Gasteiger charge is -2.30. The molecule has 0 radical (unpaired) electrons. The van der Waals surface area contributed by atoms with Crippen LogP contribution in [0.3, 0.4) is 0 Å². The molecule has 1 heterocycles. The Morgan fingerprint density at radius 3 is 2.75 bits per heavy atom. The summed E-state index contributed by atoms with van der Waals surface area (Å²) in [5.74, 6) is 0. The Balaban J connectivity index is 2.08. The summed E-state index contributed by atoms with van der Waals surface area (Å²) < 4.78 is 31.2. The Hall–Kier alpha value is -0.920. The van der Waals surface area contributed by atoms with Gasteiger partial charge in [-0.3, -0.25) is 0 Å². The first-order valence-corrected chi connectivity index (χ1v) is 8.15. The summed E-state index contributed by atoms with van der Waals surface area (Å²) in [6.07, 6.45) is 1.32. The van der Waals surface area contributed by atoms with Gasteiger partial charge in [-0.1, -0.05) is 23.7 Å². The van der Waals surface area contributed by atoms with Crippen molar-refractivity contribution in [2.45, 2.75) is 6.10 Å². The van der Waals surface area contributed by atoms with Crippen LogP contribution in [0.25, 0.3) is 6.08 Å². The molecule has 1 saturated heterocycles. The number of morpholine rings is 1. The first-order chi connectivity index (χ1) is 9.51. The zero-order chi connectivity index (χ0) is 14.6. The van der Waals surface area contributed by atoms with Gasteiger partial charge in [-0.25, -0.2) is 8.42 Å². The minimum absolute atomic E-state index is 0.234. The minimum Gasteiger partial charge on any atom is -0.374 e. The summed E-state index contributed by atoms with van der Waals surface area (Å²) in [6, 6.07) is 6.95. The topological polar surface area (TPSA) is 72.6 Å². The van der Waals surface area contributed by atoms with Gasteiger partial charge in [0.15, 0.2) is 0 Å². The molecule has 0 aromatic heterocycles. The molecule has 7 heteroatoms. The van der Waals surface area contributed by atoms with E-state index in [2.05, 4.69) is 0 Å². The first-order valence-electron chi connectivity index (χ1n) is 6.27. The van der Waals surface area contributed by atoms with Crippen molar-refractivity contribution in [3.63, 3.8) is 0 Å². The number of benzene rings is 1. The molecule has 110 valence electrons. The van der Waals surface area contributed by atoms with Crippen molar-refractivity contribution in [2.75, 3.05) is 26.2 Å². The number of rotatable bonds is 4. The molecule has 1 aromatic carbocycles. The van der Waals surface area contributed by atoms with Crippen LogP contribution < -0.4 is 5.73 Å². The number of sulfonamides is 1. The van der Waals surface area contributed by atoms with Gasteiger partial charge in [-0.15, -0.1) is 0 Å². The third kappa shape index (κ3) is 4.04. The summed E-state index contributed by atoms with van der Waals surface area (Å²) in [6.45, 7) is 1.33. The maximum Gasteiger partial charge on any atom is 0.236 e. The first kappa shape index (κ1) is 15.5. The van der Waals surface area contributed by atoms with E-state index in [1.165, 1.54) is 9.71 Å². The van der Waals surface area contributed by atoms with Crippen LogP contribution in [-0.4, -0.2) is 45.1 Å². The standard InChI is InChI=1S/C13H17ClN2O3S/c14-12-3-1-11(2-4-12)5-8-20(17,18)16-6-7-19-13(9-15)10-16/h1-5,8,13H,6-7,9-10,15H2/b8-5+. The molecular formula is C13H17ClN2O3S. The zero-order valence-corrected chi connectivity index (χ0v) is 12.5. The zero-order valence-electron chi connectivity index (χ0n) is 10.9. The average Bonchev–Trinajstić information content (AvgIpc) is 2.47. The molecule has 1 aromatic rings. The van der Waals surface area contributed by atoms with Crippen molar-refractivity contribution in [3.8, 4) is 0 Å². The van der Waals surface area contributed by atoms with Gasteiger partial charge in [0.2, 0.25) is 10.0 Å². The molecule has 0 saturated carbocycles. The Labute approximate surface area is 124 Å². The number of hydrogen-bond donors (Lipinski definition) is 1. The molecule has 1 unspecified atom stereocenters. The lowest BCUT2D eigenvalue weighted by Crippen LogP contribution is -2.47. The summed E-state index contributed by atoms with van der Waals surface area (Å²) in [5.41, 5.74) is 6.29. The third-order valence-corrected chi connectivity index (χ3v) is 4.81. The normalized spacial score (nSPS) is 21.4. The molecule has 2 N–H and O–H groups in total. The summed E-state index contributed by atoms with van der Waals surface area (Å²) >= 11 is 5.78. The van der Waals surface area contributed by atoms with E-state index in [4.69, 9.17) is 22.1 Å². The molecule has 0 aliphatic carbocycles. The highest BCUT2D eigenvalue weighted by Gasteiger charge is 2.26. The number of halogens is 1. The van der Waals surface area contributed by atoms with Crippen LogP contribution in [-0.2, 0) is 14.8 Å². The third-order valence-electron chi connectivity index (χ3n) is 3.03. The second-order valence-electron chi connectivity index (χ2n) is 4.49. The smallest absolute Gasteiger partial charge is 0.236 e. The molecule has 0 bridgehead atoms. The fourth-order valence-corrected chi connectivity index (χ4v) is 3.22. The van der Waals surface area contributed by atoms with E-state index in [9.17, 15) is 8.42 Å². The highest BCUT2D eigenvalue weighted by atomic mass is 35.5. The van der Waals surface area contributed by atoms with Gasteiger partial charge in [-0.2, -0.15) is 4.31 Å². The van der Waals surface area contributed by atoms with Gasteiger partial charge in [0.1, 0.15) is 0 Å². The molecule has 5 nitrogen and oxygen atoms in total. The number of ether oxygens (including phenoxy) is 1. The molecule has 1 aliphatic rings. The Kier molecular flexibility index (Phi) is 5.17. The van der Waals surface area contributed by atoms with Gasteiger partial charge in [0.05, 0.1) is 12.7 Å². The monoisotopic (exact) mass is 316 g/mol. The highest BCUT2D eigenvalue weighted by Crippen LogP contribution is 2.14. The fraction of sp³-hybridized carbons (Fsp3) is 0.385. The van der Waals surface area contributed by atoms with Crippen molar-refractivity contribution < 1.29 is 13.2 Å².